The first-order chi connectivity index (χ1) is 11.3. The van der Waals surface area contributed by atoms with Gasteiger partial charge in [-0.05, 0) is 18.9 Å². The predicted molar refractivity (Wildman–Crippen MR) is 90.0 cm³/mol. The van der Waals surface area contributed by atoms with E-state index in [1.165, 1.54) is 11.0 Å². The van der Waals surface area contributed by atoms with Crippen molar-refractivity contribution >= 4 is 23.3 Å². The number of likely N-dealkylation sites (N-methyl/N-ethyl adjacent to an activating group) is 1. The van der Waals surface area contributed by atoms with Crippen molar-refractivity contribution in [1.29, 1.82) is 0 Å². The van der Waals surface area contributed by atoms with E-state index in [1.54, 1.807) is 39.1 Å². The van der Waals surface area contributed by atoms with Crippen molar-refractivity contribution in [3.63, 3.8) is 0 Å². The molecule has 1 rings (SSSR count). The molecule has 0 radical (unpaired) electrons. The lowest BCUT2D eigenvalue weighted by atomic mass is 9.82. The van der Waals surface area contributed by atoms with Gasteiger partial charge in [0, 0.05) is 19.7 Å². The number of hydrogen-bond acceptors (Lipinski definition) is 5. The average Bonchev–Trinajstić information content (AvgIpc) is 2.55. The standard InChI is InChI=1S/C16H23N3O5/c1-4-16(5-2,15(21)22)11-17-14(20)10-18(3)12-8-6-7-9-13(12)19(23)24/h6-9H,4-5,10-11H2,1-3H3,(H,17,20)(H,21,22). The summed E-state index contributed by atoms with van der Waals surface area (Å²) in [5, 5.41) is 23.0. The highest BCUT2D eigenvalue weighted by atomic mass is 16.6. The minimum Gasteiger partial charge on any atom is -0.481 e. The molecule has 8 nitrogen and oxygen atoms in total. The molecule has 2 N–H and O–H groups in total. The fraction of sp³-hybridized carbons (Fsp3) is 0.500. The van der Waals surface area contributed by atoms with E-state index < -0.39 is 16.3 Å². The van der Waals surface area contributed by atoms with Crippen LogP contribution in [0.25, 0.3) is 0 Å². The van der Waals surface area contributed by atoms with E-state index in [-0.39, 0.29) is 24.7 Å². The Morgan fingerprint density at radius 1 is 1.29 bits per heavy atom. The van der Waals surface area contributed by atoms with Gasteiger partial charge in [0.25, 0.3) is 5.69 Å². The average molecular weight is 337 g/mol. The topological polar surface area (TPSA) is 113 Å². The SMILES string of the molecule is CCC(CC)(CNC(=O)CN(C)c1ccccc1[N+](=O)[O-])C(=O)O. The summed E-state index contributed by atoms with van der Waals surface area (Å²) in [6.07, 6.45) is 0.804. The summed E-state index contributed by atoms with van der Waals surface area (Å²) in [6.45, 7) is 3.46. The summed E-state index contributed by atoms with van der Waals surface area (Å²) >= 11 is 0. The van der Waals surface area contributed by atoms with Crippen LogP contribution in [0.2, 0.25) is 0 Å². The fourth-order valence-corrected chi connectivity index (χ4v) is 2.44. The maximum atomic E-state index is 12.1. The molecular weight excluding hydrogens is 314 g/mol. The highest BCUT2D eigenvalue weighted by molar-refractivity contribution is 5.83. The van der Waals surface area contributed by atoms with Crippen molar-refractivity contribution < 1.29 is 19.6 Å². The van der Waals surface area contributed by atoms with Gasteiger partial charge in [-0.2, -0.15) is 0 Å². The summed E-state index contributed by atoms with van der Waals surface area (Å²) in [7, 11) is 1.58. The van der Waals surface area contributed by atoms with Gasteiger partial charge in [0.1, 0.15) is 5.69 Å². The van der Waals surface area contributed by atoms with Gasteiger partial charge in [-0.15, -0.1) is 0 Å². The van der Waals surface area contributed by atoms with Crippen molar-refractivity contribution in [2.45, 2.75) is 26.7 Å². The molecule has 0 saturated heterocycles. The van der Waals surface area contributed by atoms with Crippen LogP contribution in [-0.4, -0.2) is 42.0 Å². The van der Waals surface area contributed by atoms with Crippen LogP contribution < -0.4 is 10.2 Å². The molecule has 0 aliphatic carbocycles. The second-order valence-corrected chi connectivity index (χ2v) is 5.67. The lowest BCUT2D eigenvalue weighted by Gasteiger charge is -2.27. The Morgan fingerprint density at radius 2 is 1.88 bits per heavy atom. The van der Waals surface area contributed by atoms with Gasteiger partial charge in [-0.25, -0.2) is 0 Å². The van der Waals surface area contributed by atoms with Crippen LogP contribution in [0.4, 0.5) is 11.4 Å². The number of para-hydroxylation sites is 2. The predicted octanol–water partition coefficient (Wildman–Crippen LogP) is 2.04. The van der Waals surface area contributed by atoms with Crippen LogP contribution in [-0.2, 0) is 9.59 Å². The second-order valence-electron chi connectivity index (χ2n) is 5.67. The molecule has 0 aliphatic heterocycles. The lowest BCUT2D eigenvalue weighted by Crippen LogP contribution is -2.45. The zero-order valence-electron chi connectivity index (χ0n) is 14.1. The number of nitro groups is 1. The molecule has 1 aromatic carbocycles. The number of rotatable bonds is 9. The first-order valence-electron chi connectivity index (χ1n) is 7.72. The maximum absolute atomic E-state index is 12.1. The van der Waals surface area contributed by atoms with E-state index in [0.717, 1.165) is 0 Å². The quantitative estimate of drug-likeness (QED) is 0.526. The first-order valence-corrected chi connectivity index (χ1v) is 7.72. The minimum absolute atomic E-state index is 0.0267. The molecule has 8 heteroatoms. The first kappa shape index (κ1) is 19.4. The Balaban J connectivity index is 2.75. The largest absolute Gasteiger partial charge is 0.481 e. The number of hydrogen-bond donors (Lipinski definition) is 2. The molecule has 0 aliphatic rings. The Kier molecular flexibility index (Phi) is 6.69. The molecule has 0 bridgehead atoms. The van der Waals surface area contributed by atoms with Crippen LogP contribution in [0.5, 0.6) is 0 Å². The van der Waals surface area contributed by atoms with Crippen LogP contribution in [0.3, 0.4) is 0 Å². The van der Waals surface area contributed by atoms with E-state index >= 15 is 0 Å². The van der Waals surface area contributed by atoms with E-state index in [9.17, 15) is 24.8 Å². The number of amides is 1. The Morgan fingerprint density at radius 3 is 2.38 bits per heavy atom. The Hall–Kier alpha value is -2.64. The van der Waals surface area contributed by atoms with Crippen molar-refractivity contribution in [2.75, 3.05) is 25.0 Å². The fourth-order valence-electron chi connectivity index (χ4n) is 2.44. The third-order valence-corrected chi connectivity index (χ3v) is 4.30. The number of carbonyl (C=O) groups is 2. The third kappa shape index (κ3) is 4.43. The van der Waals surface area contributed by atoms with Crippen LogP contribution >= 0.6 is 0 Å². The van der Waals surface area contributed by atoms with E-state index in [4.69, 9.17) is 0 Å². The zero-order chi connectivity index (χ0) is 18.3. The molecule has 132 valence electrons. The number of anilines is 1. The van der Waals surface area contributed by atoms with Crippen molar-refractivity contribution in [2.24, 2.45) is 5.41 Å². The molecule has 1 aromatic rings. The molecule has 0 aromatic heterocycles. The van der Waals surface area contributed by atoms with Gasteiger partial charge in [0.15, 0.2) is 0 Å². The molecule has 1 amide bonds. The summed E-state index contributed by atoms with van der Waals surface area (Å²) in [5.41, 5.74) is -0.754. The molecule has 0 atom stereocenters. The Bertz CT molecular complexity index is 613. The number of carboxylic acid groups (broad SMARTS) is 1. The number of carbonyl (C=O) groups excluding carboxylic acids is 1. The highest BCUT2D eigenvalue weighted by Crippen LogP contribution is 2.27. The molecule has 0 fully saturated rings. The van der Waals surface area contributed by atoms with Crippen molar-refractivity contribution in [3.05, 3.63) is 34.4 Å². The summed E-state index contributed by atoms with van der Waals surface area (Å²) < 4.78 is 0. The number of benzene rings is 1. The second kappa shape index (κ2) is 8.28. The number of aliphatic carboxylic acids is 1. The van der Waals surface area contributed by atoms with Gasteiger partial charge in [-0.3, -0.25) is 19.7 Å². The summed E-state index contributed by atoms with van der Waals surface area (Å²) in [5.74, 6) is -1.33. The van der Waals surface area contributed by atoms with E-state index in [1.807, 2.05) is 0 Å². The van der Waals surface area contributed by atoms with Gasteiger partial charge >= 0.3 is 5.97 Å². The summed E-state index contributed by atoms with van der Waals surface area (Å²) in [4.78, 5) is 35.5. The minimum atomic E-state index is -0.993. The van der Waals surface area contributed by atoms with Gasteiger partial charge in [0.05, 0.1) is 16.9 Å². The van der Waals surface area contributed by atoms with Gasteiger partial charge in [0.2, 0.25) is 5.91 Å². The van der Waals surface area contributed by atoms with Crippen LogP contribution in [0, 0.1) is 15.5 Å². The van der Waals surface area contributed by atoms with Crippen molar-refractivity contribution in [1.82, 2.24) is 5.32 Å². The van der Waals surface area contributed by atoms with Crippen LogP contribution in [0.15, 0.2) is 24.3 Å². The lowest BCUT2D eigenvalue weighted by molar-refractivity contribution is -0.384. The monoisotopic (exact) mass is 337 g/mol. The van der Waals surface area contributed by atoms with E-state index in [0.29, 0.717) is 18.5 Å². The Labute approximate surface area is 140 Å². The molecule has 0 heterocycles. The molecule has 0 saturated carbocycles. The molecular formula is C16H23N3O5. The highest BCUT2D eigenvalue weighted by Gasteiger charge is 2.35. The van der Waals surface area contributed by atoms with Gasteiger partial charge < -0.3 is 15.3 Å². The number of nitrogens with zero attached hydrogens (tertiary/aromatic N) is 2. The maximum Gasteiger partial charge on any atom is 0.311 e. The van der Waals surface area contributed by atoms with Crippen molar-refractivity contribution in [3.8, 4) is 0 Å². The number of nitrogens with one attached hydrogen (secondary N) is 1. The molecule has 24 heavy (non-hydrogen) atoms. The third-order valence-electron chi connectivity index (χ3n) is 4.30. The molecule has 0 spiro atoms. The zero-order valence-corrected chi connectivity index (χ0v) is 14.1. The van der Waals surface area contributed by atoms with E-state index in [2.05, 4.69) is 5.32 Å². The molecule has 0 unspecified atom stereocenters. The number of nitro benzene ring substituents is 1. The summed E-state index contributed by atoms with van der Waals surface area (Å²) in [6, 6.07) is 6.14. The van der Waals surface area contributed by atoms with Gasteiger partial charge in [-0.1, -0.05) is 26.0 Å². The van der Waals surface area contributed by atoms with Crippen LogP contribution in [0.1, 0.15) is 26.7 Å². The smallest absolute Gasteiger partial charge is 0.311 e. The normalized spacial score (nSPS) is 11.0. The number of carboxylic acids is 1.